The molecule has 0 bridgehead atoms. The minimum Gasteiger partial charge on any atom is -0.492 e. The third kappa shape index (κ3) is 5.61. The molecule has 4 aromatic heterocycles. The van der Waals surface area contributed by atoms with Crippen LogP contribution in [0.4, 0.5) is 16.0 Å². The predicted molar refractivity (Wildman–Crippen MR) is 156 cm³/mol. The van der Waals surface area contributed by atoms with Crippen molar-refractivity contribution in [2.24, 2.45) is 12.8 Å². The molecule has 5 heterocycles. The minimum atomic E-state index is -0.449. The summed E-state index contributed by atoms with van der Waals surface area (Å²) in [6.07, 6.45) is 1.53. The van der Waals surface area contributed by atoms with E-state index in [-0.39, 0.29) is 30.6 Å². The van der Waals surface area contributed by atoms with E-state index in [4.69, 9.17) is 20.6 Å². The van der Waals surface area contributed by atoms with Gasteiger partial charge in [0.25, 0.3) is 0 Å². The molecule has 0 saturated carbocycles. The summed E-state index contributed by atoms with van der Waals surface area (Å²) in [5, 5.41) is 7.25. The SMILES string of the molecule is Cn1c(=O)n(CCN2CCN(c3ccc(OCCNCC(N)=O)cc3F)CC2)c2nc(N)n3nc(-c4ccco4)nc3c21. The average Bonchev–Trinajstić information content (AvgIpc) is 3.72. The number of hydrogen-bond donors (Lipinski definition) is 3. The number of benzene rings is 1. The van der Waals surface area contributed by atoms with Crippen LogP contribution in [0, 0.1) is 5.82 Å². The van der Waals surface area contributed by atoms with Crippen molar-refractivity contribution < 1.29 is 18.3 Å². The van der Waals surface area contributed by atoms with Gasteiger partial charge in [-0.25, -0.2) is 14.2 Å². The van der Waals surface area contributed by atoms with Gasteiger partial charge in [0.15, 0.2) is 17.1 Å². The van der Waals surface area contributed by atoms with Crippen molar-refractivity contribution in [2.45, 2.75) is 6.54 Å². The molecule has 1 amide bonds. The third-order valence-electron chi connectivity index (χ3n) is 7.44. The summed E-state index contributed by atoms with van der Waals surface area (Å²) in [5.74, 6) is 0.536. The molecule has 6 rings (SSSR count). The number of amides is 1. The fourth-order valence-corrected chi connectivity index (χ4v) is 5.24. The fourth-order valence-electron chi connectivity index (χ4n) is 5.24. The first kappa shape index (κ1) is 28.2. The van der Waals surface area contributed by atoms with E-state index >= 15 is 0 Å². The van der Waals surface area contributed by atoms with Crippen molar-refractivity contribution in [3.05, 3.63) is 52.9 Å². The number of nitrogens with two attached hydrogens (primary N) is 2. The Labute approximate surface area is 244 Å². The lowest BCUT2D eigenvalue weighted by Crippen LogP contribution is -2.47. The van der Waals surface area contributed by atoms with Gasteiger partial charge in [-0.3, -0.25) is 18.8 Å². The van der Waals surface area contributed by atoms with Gasteiger partial charge in [0.05, 0.1) is 18.5 Å². The molecule has 1 fully saturated rings. The van der Waals surface area contributed by atoms with Crippen LogP contribution in [0.2, 0.25) is 0 Å². The molecular weight excluding hydrogens is 561 g/mol. The molecule has 0 aliphatic carbocycles. The number of nitrogens with one attached hydrogen (secondary N) is 1. The number of imidazole rings is 1. The van der Waals surface area contributed by atoms with Crippen LogP contribution in [0.15, 0.2) is 45.8 Å². The Hall–Kier alpha value is -4.96. The molecule has 0 spiro atoms. The van der Waals surface area contributed by atoms with Gasteiger partial charge in [-0.2, -0.15) is 9.50 Å². The number of furan rings is 1. The molecule has 1 aliphatic rings. The third-order valence-corrected chi connectivity index (χ3v) is 7.44. The molecule has 0 radical (unpaired) electrons. The van der Waals surface area contributed by atoms with E-state index in [0.29, 0.717) is 85.6 Å². The Morgan fingerprint density at radius 1 is 1.14 bits per heavy atom. The molecule has 16 heteroatoms. The van der Waals surface area contributed by atoms with Crippen LogP contribution in [0.25, 0.3) is 28.4 Å². The molecule has 0 unspecified atom stereocenters. The predicted octanol–water partition coefficient (Wildman–Crippen LogP) is 0.0349. The van der Waals surface area contributed by atoms with E-state index in [1.165, 1.54) is 21.4 Å². The second kappa shape index (κ2) is 11.7. The Bertz CT molecular complexity index is 1820. The summed E-state index contributed by atoms with van der Waals surface area (Å²) in [7, 11) is 1.67. The number of hydrogen-bond acceptors (Lipinski definition) is 11. The maximum Gasteiger partial charge on any atom is 0.330 e. The highest BCUT2D eigenvalue weighted by atomic mass is 19.1. The standard InChI is InChI=1S/C27H32FN11O4/c1-35-22-24(33-26(30)39-25(22)32-23(34-39)20-3-2-13-43-20)38(27(35)41)12-9-36-7-10-37(11-8-36)19-5-4-17(15-18(19)28)42-14-6-31-16-21(29)40/h2-5,13,15,31H,6-12,14,16H2,1H3,(H2,29,40)(H2,30,33). The highest BCUT2D eigenvalue weighted by molar-refractivity contribution is 5.88. The number of ether oxygens (including phenoxy) is 1. The van der Waals surface area contributed by atoms with E-state index in [1.807, 2.05) is 4.90 Å². The van der Waals surface area contributed by atoms with Crippen LogP contribution >= 0.6 is 0 Å². The van der Waals surface area contributed by atoms with Crippen LogP contribution in [0.1, 0.15) is 0 Å². The number of carbonyl (C=O) groups excluding carboxylic acids is 1. The largest absolute Gasteiger partial charge is 0.492 e. The summed E-state index contributed by atoms with van der Waals surface area (Å²) in [6, 6.07) is 8.30. The van der Waals surface area contributed by atoms with Crippen LogP contribution in [0.5, 0.6) is 5.75 Å². The van der Waals surface area contributed by atoms with Crippen molar-refractivity contribution in [3.63, 3.8) is 0 Å². The molecule has 1 aliphatic heterocycles. The van der Waals surface area contributed by atoms with Gasteiger partial charge in [0, 0.05) is 58.9 Å². The zero-order valence-corrected chi connectivity index (χ0v) is 23.6. The first-order chi connectivity index (χ1) is 20.8. The normalized spacial score (nSPS) is 14.2. The van der Waals surface area contributed by atoms with Crippen LogP contribution < -0.4 is 32.1 Å². The lowest BCUT2D eigenvalue weighted by Gasteiger charge is -2.36. The molecule has 5 N–H and O–H groups in total. The summed E-state index contributed by atoms with van der Waals surface area (Å²) < 4.78 is 30.4. The second-order valence-corrected chi connectivity index (χ2v) is 10.2. The average molecular weight is 594 g/mol. The Kier molecular flexibility index (Phi) is 7.69. The number of anilines is 2. The van der Waals surface area contributed by atoms with Gasteiger partial charge in [-0.05, 0) is 24.3 Å². The first-order valence-electron chi connectivity index (χ1n) is 13.8. The lowest BCUT2D eigenvalue weighted by molar-refractivity contribution is -0.117. The number of primary amides is 1. The molecule has 15 nitrogen and oxygen atoms in total. The summed E-state index contributed by atoms with van der Waals surface area (Å²) in [6.45, 7) is 4.39. The van der Waals surface area contributed by atoms with E-state index < -0.39 is 5.91 Å². The van der Waals surface area contributed by atoms with Crippen LogP contribution in [-0.4, -0.2) is 91.9 Å². The Morgan fingerprint density at radius 2 is 1.95 bits per heavy atom. The molecular formula is C27H32FN11O4. The summed E-state index contributed by atoms with van der Waals surface area (Å²) in [5.41, 5.74) is 12.9. The molecule has 43 heavy (non-hydrogen) atoms. The van der Waals surface area contributed by atoms with Gasteiger partial charge in [0.2, 0.25) is 17.7 Å². The quantitative estimate of drug-likeness (QED) is 0.176. The van der Waals surface area contributed by atoms with Gasteiger partial charge in [-0.1, -0.05) is 0 Å². The van der Waals surface area contributed by atoms with Gasteiger partial charge < -0.3 is 30.8 Å². The number of piperazine rings is 1. The summed E-state index contributed by atoms with van der Waals surface area (Å²) in [4.78, 5) is 37.3. The monoisotopic (exact) mass is 593 g/mol. The van der Waals surface area contributed by atoms with Crippen molar-refractivity contribution in [1.82, 2.24) is 38.9 Å². The minimum absolute atomic E-state index is 0.0628. The highest BCUT2D eigenvalue weighted by Crippen LogP contribution is 2.26. The number of halogens is 1. The number of rotatable bonds is 11. The van der Waals surface area contributed by atoms with E-state index in [0.717, 1.165) is 0 Å². The van der Waals surface area contributed by atoms with Gasteiger partial charge in [-0.15, -0.1) is 5.10 Å². The molecule has 1 saturated heterocycles. The number of aryl methyl sites for hydroxylation is 1. The van der Waals surface area contributed by atoms with Gasteiger partial charge >= 0.3 is 5.69 Å². The number of aromatic nitrogens is 6. The fraction of sp³-hybridized carbons (Fsp3) is 0.370. The molecule has 226 valence electrons. The molecule has 0 atom stereocenters. The maximum absolute atomic E-state index is 14.9. The van der Waals surface area contributed by atoms with Crippen molar-refractivity contribution in [3.8, 4) is 17.3 Å². The highest BCUT2D eigenvalue weighted by Gasteiger charge is 2.23. The molecule has 5 aromatic rings. The number of carbonyl (C=O) groups is 1. The smallest absolute Gasteiger partial charge is 0.330 e. The Balaban J connectivity index is 1.09. The van der Waals surface area contributed by atoms with E-state index in [1.54, 1.807) is 35.9 Å². The van der Waals surface area contributed by atoms with Crippen molar-refractivity contribution in [1.29, 1.82) is 0 Å². The molecule has 1 aromatic carbocycles. The number of fused-ring (bicyclic) bond motifs is 3. The second-order valence-electron chi connectivity index (χ2n) is 10.2. The number of nitrogen functional groups attached to an aromatic ring is 1. The maximum atomic E-state index is 14.9. The van der Waals surface area contributed by atoms with Crippen LogP contribution in [0.3, 0.4) is 0 Å². The van der Waals surface area contributed by atoms with E-state index in [9.17, 15) is 14.0 Å². The van der Waals surface area contributed by atoms with Crippen LogP contribution in [-0.2, 0) is 18.4 Å². The van der Waals surface area contributed by atoms with Crippen molar-refractivity contribution in [2.75, 3.05) is 63.1 Å². The van der Waals surface area contributed by atoms with Gasteiger partial charge in [0.1, 0.15) is 23.7 Å². The zero-order valence-electron chi connectivity index (χ0n) is 23.6. The lowest BCUT2D eigenvalue weighted by atomic mass is 10.2. The zero-order chi connectivity index (χ0) is 30.1. The first-order valence-corrected chi connectivity index (χ1v) is 13.8. The summed E-state index contributed by atoms with van der Waals surface area (Å²) >= 11 is 0. The van der Waals surface area contributed by atoms with E-state index in [2.05, 4.69) is 25.3 Å². The number of nitrogens with zero attached hydrogens (tertiary/aromatic N) is 8. The Morgan fingerprint density at radius 3 is 2.67 bits per heavy atom. The topological polar surface area (TPSA) is 180 Å². The van der Waals surface area contributed by atoms with Crippen molar-refractivity contribution >= 4 is 34.4 Å².